The van der Waals surface area contributed by atoms with Crippen molar-refractivity contribution in [1.29, 1.82) is 0 Å². The molecule has 0 aliphatic carbocycles. The number of hydrogen-bond acceptors (Lipinski definition) is 4. The number of benzene rings is 1. The molecule has 1 aromatic carbocycles. The maximum atomic E-state index is 12.6. The molecule has 1 amide bonds. The predicted molar refractivity (Wildman–Crippen MR) is 95.0 cm³/mol. The highest BCUT2D eigenvalue weighted by atomic mass is 16.5. The largest absolute Gasteiger partial charge is 0.383 e. The zero-order valence-electron chi connectivity index (χ0n) is 14.9. The van der Waals surface area contributed by atoms with Crippen molar-refractivity contribution in [3.05, 3.63) is 47.3 Å². The van der Waals surface area contributed by atoms with Gasteiger partial charge in [-0.05, 0) is 38.5 Å². The van der Waals surface area contributed by atoms with Crippen molar-refractivity contribution in [2.45, 2.75) is 27.2 Å². The van der Waals surface area contributed by atoms with Gasteiger partial charge < -0.3 is 9.64 Å². The quantitative estimate of drug-likeness (QED) is 0.783. The third-order valence-electron chi connectivity index (χ3n) is 3.72. The first-order chi connectivity index (χ1) is 11.5. The summed E-state index contributed by atoms with van der Waals surface area (Å²) in [5.41, 5.74) is 3.46. The minimum absolute atomic E-state index is 0.0294. The first-order valence-corrected chi connectivity index (χ1v) is 8.26. The summed E-state index contributed by atoms with van der Waals surface area (Å²) in [6.07, 6.45) is 0.921. The highest BCUT2D eigenvalue weighted by molar-refractivity contribution is 5.94. The molecule has 0 aliphatic heterocycles. The minimum Gasteiger partial charge on any atom is -0.383 e. The third kappa shape index (κ3) is 4.61. The molecule has 0 unspecified atom stereocenters. The lowest BCUT2D eigenvalue weighted by Gasteiger charge is -2.21. The number of ether oxygens (including phenoxy) is 1. The molecule has 1 aromatic heterocycles. The van der Waals surface area contributed by atoms with E-state index in [1.807, 2.05) is 49.1 Å². The summed E-state index contributed by atoms with van der Waals surface area (Å²) < 4.78 is 5.09. The second kappa shape index (κ2) is 8.55. The predicted octanol–water partition coefficient (Wildman–Crippen LogP) is 3.26. The monoisotopic (exact) mass is 327 g/mol. The van der Waals surface area contributed by atoms with Crippen molar-refractivity contribution < 1.29 is 9.53 Å². The van der Waals surface area contributed by atoms with Crippen LogP contribution in [0.25, 0.3) is 11.4 Å². The van der Waals surface area contributed by atoms with Crippen LogP contribution in [0.4, 0.5) is 0 Å². The van der Waals surface area contributed by atoms with Gasteiger partial charge in [0.15, 0.2) is 5.82 Å². The van der Waals surface area contributed by atoms with E-state index in [9.17, 15) is 4.79 Å². The molecule has 2 aromatic rings. The summed E-state index contributed by atoms with van der Waals surface area (Å²) in [6, 6.07) is 9.44. The molecule has 2 rings (SSSR count). The average Bonchev–Trinajstić information content (AvgIpc) is 2.57. The van der Waals surface area contributed by atoms with Gasteiger partial charge in [-0.25, -0.2) is 9.97 Å². The molecule has 0 saturated heterocycles. The van der Waals surface area contributed by atoms with Crippen LogP contribution >= 0.6 is 0 Å². The van der Waals surface area contributed by atoms with Crippen LogP contribution in [0.2, 0.25) is 0 Å². The lowest BCUT2D eigenvalue weighted by atomic mass is 10.1. The van der Waals surface area contributed by atoms with Gasteiger partial charge in [0.1, 0.15) is 0 Å². The van der Waals surface area contributed by atoms with Gasteiger partial charge in [-0.1, -0.05) is 19.1 Å². The van der Waals surface area contributed by atoms with Gasteiger partial charge in [0.2, 0.25) is 0 Å². The van der Waals surface area contributed by atoms with Crippen LogP contribution in [-0.2, 0) is 4.74 Å². The van der Waals surface area contributed by atoms with Crippen molar-refractivity contribution in [1.82, 2.24) is 14.9 Å². The Morgan fingerprint density at radius 2 is 1.71 bits per heavy atom. The number of methoxy groups -OCH3 is 1. The minimum atomic E-state index is 0.0294. The molecule has 0 saturated carbocycles. The van der Waals surface area contributed by atoms with Gasteiger partial charge in [-0.15, -0.1) is 0 Å². The van der Waals surface area contributed by atoms with Crippen molar-refractivity contribution in [3.63, 3.8) is 0 Å². The van der Waals surface area contributed by atoms with E-state index in [1.165, 1.54) is 0 Å². The fourth-order valence-electron chi connectivity index (χ4n) is 2.59. The number of amides is 1. The van der Waals surface area contributed by atoms with E-state index >= 15 is 0 Å². The van der Waals surface area contributed by atoms with E-state index in [2.05, 4.69) is 16.9 Å². The highest BCUT2D eigenvalue weighted by Gasteiger charge is 2.15. The van der Waals surface area contributed by atoms with Crippen molar-refractivity contribution >= 4 is 5.91 Å². The summed E-state index contributed by atoms with van der Waals surface area (Å²) in [5.74, 6) is 0.720. The second-order valence-corrected chi connectivity index (χ2v) is 5.84. The molecule has 5 heteroatoms. The van der Waals surface area contributed by atoms with Crippen LogP contribution in [-0.4, -0.2) is 47.6 Å². The zero-order valence-corrected chi connectivity index (χ0v) is 14.9. The summed E-state index contributed by atoms with van der Waals surface area (Å²) in [6.45, 7) is 7.84. The van der Waals surface area contributed by atoms with E-state index in [-0.39, 0.29) is 5.91 Å². The highest BCUT2D eigenvalue weighted by Crippen LogP contribution is 2.17. The van der Waals surface area contributed by atoms with Gasteiger partial charge in [0, 0.05) is 42.7 Å². The van der Waals surface area contributed by atoms with Crippen LogP contribution in [0.5, 0.6) is 0 Å². The summed E-state index contributed by atoms with van der Waals surface area (Å²) >= 11 is 0. The van der Waals surface area contributed by atoms with Crippen LogP contribution in [0.3, 0.4) is 0 Å². The van der Waals surface area contributed by atoms with Crippen LogP contribution in [0.15, 0.2) is 30.3 Å². The SMILES string of the molecule is CCCN(CCOC)C(=O)c1ccc(-c2nc(C)cc(C)n2)cc1. The van der Waals surface area contributed by atoms with Gasteiger partial charge in [0.05, 0.1) is 6.61 Å². The van der Waals surface area contributed by atoms with Crippen LogP contribution in [0, 0.1) is 13.8 Å². The van der Waals surface area contributed by atoms with Crippen LogP contribution < -0.4 is 0 Å². The van der Waals surface area contributed by atoms with E-state index in [4.69, 9.17) is 4.74 Å². The maximum Gasteiger partial charge on any atom is 0.253 e. The Morgan fingerprint density at radius 3 is 2.25 bits per heavy atom. The Labute approximate surface area is 143 Å². The fraction of sp³-hybridized carbons (Fsp3) is 0.421. The number of aryl methyl sites for hydroxylation is 2. The molecule has 1 heterocycles. The molecule has 0 fully saturated rings. The molecular weight excluding hydrogens is 302 g/mol. The summed E-state index contributed by atoms with van der Waals surface area (Å²) in [4.78, 5) is 23.4. The molecule has 0 atom stereocenters. The molecule has 0 aliphatic rings. The lowest BCUT2D eigenvalue weighted by molar-refractivity contribution is 0.0695. The van der Waals surface area contributed by atoms with E-state index < -0.39 is 0 Å². The zero-order chi connectivity index (χ0) is 17.5. The molecule has 5 nitrogen and oxygen atoms in total. The van der Waals surface area contributed by atoms with E-state index in [0.29, 0.717) is 24.5 Å². The first kappa shape index (κ1) is 18.1. The van der Waals surface area contributed by atoms with E-state index in [0.717, 1.165) is 29.9 Å². The maximum absolute atomic E-state index is 12.6. The number of carbonyl (C=O) groups is 1. The van der Waals surface area contributed by atoms with Gasteiger partial charge in [0.25, 0.3) is 5.91 Å². The van der Waals surface area contributed by atoms with E-state index in [1.54, 1.807) is 7.11 Å². The number of carbonyl (C=O) groups excluding carboxylic acids is 1. The molecule has 0 bridgehead atoms. The molecule has 0 N–H and O–H groups in total. The second-order valence-electron chi connectivity index (χ2n) is 5.84. The van der Waals surface area contributed by atoms with Gasteiger partial charge in [-0.3, -0.25) is 4.79 Å². The number of nitrogens with zero attached hydrogens (tertiary/aromatic N) is 3. The molecular formula is C19H25N3O2. The molecule has 0 radical (unpaired) electrons. The Kier molecular flexibility index (Phi) is 6.44. The Balaban J connectivity index is 2.19. The summed E-state index contributed by atoms with van der Waals surface area (Å²) in [7, 11) is 1.65. The summed E-state index contributed by atoms with van der Waals surface area (Å²) in [5, 5.41) is 0. The molecule has 128 valence electrons. The average molecular weight is 327 g/mol. The number of rotatable bonds is 7. The lowest BCUT2D eigenvalue weighted by Crippen LogP contribution is -2.34. The first-order valence-electron chi connectivity index (χ1n) is 8.26. The normalized spacial score (nSPS) is 10.7. The molecule has 0 spiro atoms. The third-order valence-corrected chi connectivity index (χ3v) is 3.72. The Bertz CT molecular complexity index is 663. The van der Waals surface area contributed by atoms with Gasteiger partial charge >= 0.3 is 0 Å². The number of hydrogen-bond donors (Lipinski definition) is 0. The smallest absolute Gasteiger partial charge is 0.253 e. The standard InChI is InChI=1S/C19H25N3O2/c1-5-10-22(11-12-24-4)19(23)17-8-6-16(7-9-17)18-20-14(2)13-15(3)21-18/h6-9,13H,5,10-12H2,1-4H3. The van der Waals surface area contributed by atoms with Gasteiger partial charge in [-0.2, -0.15) is 0 Å². The number of aromatic nitrogens is 2. The Morgan fingerprint density at radius 1 is 1.08 bits per heavy atom. The van der Waals surface area contributed by atoms with Crippen molar-refractivity contribution in [2.75, 3.05) is 26.8 Å². The Hall–Kier alpha value is -2.27. The topological polar surface area (TPSA) is 55.3 Å². The fourth-order valence-corrected chi connectivity index (χ4v) is 2.59. The van der Waals surface area contributed by atoms with Crippen molar-refractivity contribution in [3.8, 4) is 11.4 Å². The molecule has 24 heavy (non-hydrogen) atoms. The van der Waals surface area contributed by atoms with Crippen LogP contribution in [0.1, 0.15) is 35.1 Å². The van der Waals surface area contributed by atoms with Crippen molar-refractivity contribution in [2.24, 2.45) is 0 Å².